The fraction of sp³-hybridized carbons (Fsp3) is 0.400. The predicted octanol–water partition coefficient (Wildman–Crippen LogP) is 1.72. The van der Waals surface area contributed by atoms with Crippen LogP contribution >= 0.6 is 0 Å². The van der Waals surface area contributed by atoms with Crippen LogP contribution in [-0.2, 0) is 9.59 Å². The highest BCUT2D eigenvalue weighted by molar-refractivity contribution is 5.99. The molecule has 1 fully saturated rings. The number of carbonyl (C=O) groups excluding carboxylic acids is 2. The van der Waals surface area contributed by atoms with Crippen molar-refractivity contribution in [3.63, 3.8) is 0 Å². The van der Waals surface area contributed by atoms with Crippen LogP contribution in [0.3, 0.4) is 0 Å². The van der Waals surface area contributed by atoms with Crippen LogP contribution in [-0.4, -0.2) is 40.4 Å². The van der Waals surface area contributed by atoms with E-state index in [2.05, 4.69) is 5.32 Å². The Morgan fingerprint density at radius 2 is 2.14 bits per heavy atom. The summed E-state index contributed by atoms with van der Waals surface area (Å²) in [5, 5.41) is 11.8. The van der Waals surface area contributed by atoms with Crippen molar-refractivity contribution in [3.05, 3.63) is 29.8 Å². The maximum Gasteiger partial charge on any atom is 0.326 e. The second kappa shape index (κ2) is 6.39. The van der Waals surface area contributed by atoms with Gasteiger partial charge in [0.25, 0.3) is 5.91 Å². The Morgan fingerprint density at radius 3 is 2.81 bits per heavy atom. The van der Waals surface area contributed by atoms with Gasteiger partial charge in [0.15, 0.2) is 0 Å². The highest BCUT2D eigenvalue weighted by Crippen LogP contribution is 2.21. The zero-order valence-electron chi connectivity index (χ0n) is 11.8. The van der Waals surface area contributed by atoms with Crippen LogP contribution in [0.1, 0.15) is 36.5 Å². The first-order valence-corrected chi connectivity index (χ1v) is 6.96. The summed E-state index contributed by atoms with van der Waals surface area (Å²) >= 11 is 0. The van der Waals surface area contributed by atoms with Crippen LogP contribution < -0.4 is 5.32 Å². The van der Waals surface area contributed by atoms with E-state index in [0.717, 1.165) is 0 Å². The van der Waals surface area contributed by atoms with Crippen molar-refractivity contribution < 1.29 is 19.5 Å². The first-order chi connectivity index (χ1) is 10.0. The number of likely N-dealkylation sites (tertiary alicyclic amines) is 1. The van der Waals surface area contributed by atoms with Crippen LogP contribution in [0.4, 0.5) is 5.69 Å². The monoisotopic (exact) mass is 290 g/mol. The standard InChI is InChI=1S/C15H18N2O4/c1-2-13(18)16-11-6-3-5-10(9-11)14(19)17-8-4-7-12(17)15(20)21/h3,5-6,9,12H,2,4,7-8H2,1H3,(H,16,18)(H,20,21)/t12-/m0/s1. The Hall–Kier alpha value is -2.37. The summed E-state index contributed by atoms with van der Waals surface area (Å²) in [5.41, 5.74) is 0.927. The van der Waals surface area contributed by atoms with Gasteiger partial charge in [0, 0.05) is 24.2 Å². The summed E-state index contributed by atoms with van der Waals surface area (Å²) in [6.07, 6.45) is 1.52. The SMILES string of the molecule is CCC(=O)Nc1cccc(C(=O)N2CCC[C@H]2C(=O)O)c1. The van der Waals surface area contributed by atoms with Crippen molar-refractivity contribution in [3.8, 4) is 0 Å². The molecule has 2 amide bonds. The van der Waals surface area contributed by atoms with E-state index in [9.17, 15) is 14.4 Å². The number of amides is 2. The number of anilines is 1. The molecule has 0 spiro atoms. The summed E-state index contributed by atoms with van der Waals surface area (Å²) in [6, 6.07) is 5.81. The summed E-state index contributed by atoms with van der Waals surface area (Å²) in [4.78, 5) is 36.3. The van der Waals surface area contributed by atoms with Crippen molar-refractivity contribution in [1.82, 2.24) is 4.90 Å². The molecule has 6 nitrogen and oxygen atoms in total. The quantitative estimate of drug-likeness (QED) is 0.884. The molecule has 0 saturated carbocycles. The van der Waals surface area contributed by atoms with Crippen molar-refractivity contribution in [2.75, 3.05) is 11.9 Å². The number of hydrogen-bond donors (Lipinski definition) is 2. The molecule has 0 aliphatic carbocycles. The van der Waals surface area contributed by atoms with Gasteiger partial charge < -0.3 is 15.3 Å². The lowest BCUT2D eigenvalue weighted by molar-refractivity contribution is -0.141. The molecule has 1 aromatic rings. The molecule has 21 heavy (non-hydrogen) atoms. The van der Waals surface area contributed by atoms with Crippen LogP contribution in [0.15, 0.2) is 24.3 Å². The van der Waals surface area contributed by atoms with E-state index in [1.54, 1.807) is 31.2 Å². The molecule has 0 unspecified atom stereocenters. The molecule has 6 heteroatoms. The smallest absolute Gasteiger partial charge is 0.326 e. The number of carboxylic acids is 1. The fourth-order valence-electron chi connectivity index (χ4n) is 2.41. The van der Waals surface area contributed by atoms with Gasteiger partial charge in [-0.05, 0) is 31.0 Å². The second-order valence-corrected chi connectivity index (χ2v) is 4.98. The third-order valence-corrected chi connectivity index (χ3v) is 3.51. The molecule has 1 saturated heterocycles. The lowest BCUT2D eigenvalue weighted by Gasteiger charge is -2.21. The van der Waals surface area contributed by atoms with E-state index in [4.69, 9.17) is 5.11 Å². The van der Waals surface area contributed by atoms with Crippen LogP contribution in [0.5, 0.6) is 0 Å². The van der Waals surface area contributed by atoms with E-state index >= 15 is 0 Å². The van der Waals surface area contributed by atoms with Crippen molar-refractivity contribution >= 4 is 23.5 Å². The van der Waals surface area contributed by atoms with E-state index in [1.807, 2.05) is 0 Å². The average molecular weight is 290 g/mol. The molecule has 1 aliphatic rings. The van der Waals surface area contributed by atoms with Crippen molar-refractivity contribution in [2.45, 2.75) is 32.2 Å². The first kappa shape index (κ1) is 15.0. The molecule has 0 radical (unpaired) electrons. The third kappa shape index (κ3) is 3.39. The van der Waals surface area contributed by atoms with Gasteiger partial charge in [-0.3, -0.25) is 9.59 Å². The minimum absolute atomic E-state index is 0.135. The molecule has 1 aromatic carbocycles. The highest BCUT2D eigenvalue weighted by atomic mass is 16.4. The van der Waals surface area contributed by atoms with Gasteiger partial charge in [0.05, 0.1) is 0 Å². The number of nitrogens with zero attached hydrogens (tertiary/aromatic N) is 1. The molecular formula is C15H18N2O4. The van der Waals surface area contributed by atoms with E-state index in [1.165, 1.54) is 4.90 Å². The van der Waals surface area contributed by atoms with E-state index in [0.29, 0.717) is 37.1 Å². The minimum Gasteiger partial charge on any atom is -0.480 e. The first-order valence-electron chi connectivity index (χ1n) is 6.96. The molecule has 2 N–H and O–H groups in total. The molecule has 0 aromatic heterocycles. The molecule has 1 aliphatic heterocycles. The zero-order chi connectivity index (χ0) is 15.4. The summed E-state index contributed by atoms with van der Waals surface area (Å²) < 4.78 is 0. The van der Waals surface area contributed by atoms with Gasteiger partial charge in [-0.1, -0.05) is 13.0 Å². The van der Waals surface area contributed by atoms with E-state index in [-0.39, 0.29) is 11.8 Å². The third-order valence-electron chi connectivity index (χ3n) is 3.51. The Kier molecular flexibility index (Phi) is 4.57. The predicted molar refractivity (Wildman–Crippen MR) is 77.1 cm³/mol. The van der Waals surface area contributed by atoms with Crippen molar-refractivity contribution in [2.24, 2.45) is 0 Å². The fourth-order valence-corrected chi connectivity index (χ4v) is 2.41. The lowest BCUT2D eigenvalue weighted by atomic mass is 10.1. The summed E-state index contributed by atoms with van der Waals surface area (Å²) in [5.74, 6) is -1.42. The largest absolute Gasteiger partial charge is 0.480 e. The van der Waals surface area contributed by atoms with Gasteiger partial charge in [-0.2, -0.15) is 0 Å². The Morgan fingerprint density at radius 1 is 1.38 bits per heavy atom. The Balaban J connectivity index is 2.17. The molecule has 112 valence electrons. The lowest BCUT2D eigenvalue weighted by Crippen LogP contribution is -2.40. The molecule has 0 bridgehead atoms. The number of hydrogen-bond acceptors (Lipinski definition) is 3. The number of aliphatic carboxylic acids is 1. The van der Waals surface area contributed by atoms with Gasteiger partial charge in [-0.15, -0.1) is 0 Å². The Bertz CT molecular complexity index is 571. The van der Waals surface area contributed by atoms with E-state index < -0.39 is 12.0 Å². The van der Waals surface area contributed by atoms with Gasteiger partial charge in [0.2, 0.25) is 5.91 Å². The average Bonchev–Trinajstić information content (AvgIpc) is 2.96. The molecule has 2 rings (SSSR count). The van der Waals surface area contributed by atoms with Crippen molar-refractivity contribution in [1.29, 1.82) is 0 Å². The topological polar surface area (TPSA) is 86.7 Å². The maximum absolute atomic E-state index is 12.4. The van der Waals surface area contributed by atoms with Crippen LogP contribution in [0, 0.1) is 0 Å². The van der Waals surface area contributed by atoms with Crippen LogP contribution in [0.2, 0.25) is 0 Å². The van der Waals surface area contributed by atoms with Gasteiger partial charge in [-0.25, -0.2) is 4.79 Å². The normalized spacial score (nSPS) is 17.6. The number of rotatable bonds is 4. The second-order valence-electron chi connectivity index (χ2n) is 4.98. The number of carboxylic acid groups (broad SMARTS) is 1. The van der Waals surface area contributed by atoms with Crippen LogP contribution in [0.25, 0.3) is 0 Å². The highest BCUT2D eigenvalue weighted by Gasteiger charge is 2.34. The molecule has 1 heterocycles. The number of benzene rings is 1. The number of nitrogens with one attached hydrogen (secondary N) is 1. The van der Waals surface area contributed by atoms with Gasteiger partial charge in [0.1, 0.15) is 6.04 Å². The zero-order valence-corrected chi connectivity index (χ0v) is 11.8. The minimum atomic E-state index is -0.976. The maximum atomic E-state index is 12.4. The molecule has 1 atom stereocenters. The summed E-state index contributed by atoms with van der Waals surface area (Å²) in [6.45, 7) is 2.19. The summed E-state index contributed by atoms with van der Waals surface area (Å²) in [7, 11) is 0. The van der Waals surface area contributed by atoms with Gasteiger partial charge >= 0.3 is 5.97 Å². The Labute approximate surface area is 122 Å². The molecular weight excluding hydrogens is 272 g/mol. The number of carbonyl (C=O) groups is 3.